The van der Waals surface area contributed by atoms with Crippen LogP contribution in [-0.4, -0.2) is 26.7 Å². The number of thiophene rings is 1. The topological polar surface area (TPSA) is 59.8 Å². The highest BCUT2D eigenvalue weighted by molar-refractivity contribution is 7.20. The Bertz CT molecular complexity index is 687. The number of hydrogen-bond acceptors (Lipinski definition) is 4. The summed E-state index contributed by atoms with van der Waals surface area (Å²) in [5.41, 5.74) is 0. The molecule has 0 aliphatic heterocycles. The minimum Gasteiger partial charge on any atom is -0.347 e. The molecule has 1 aromatic carbocycles. The minimum atomic E-state index is -0.0428. The number of aromatic nitrogens is 3. The Morgan fingerprint density at radius 1 is 1.45 bits per heavy atom. The molecule has 3 aromatic rings. The van der Waals surface area contributed by atoms with Crippen molar-refractivity contribution < 1.29 is 4.79 Å². The zero-order valence-corrected chi connectivity index (χ0v) is 11.8. The highest BCUT2D eigenvalue weighted by Gasteiger charge is 2.13. The SMILES string of the molecule is C[C@H](Cn1cncn1)NC(=O)c1cc2ccccc2s1. The van der Waals surface area contributed by atoms with E-state index in [1.165, 1.54) is 17.7 Å². The van der Waals surface area contributed by atoms with Crippen LogP contribution in [0.15, 0.2) is 43.0 Å². The van der Waals surface area contributed by atoms with Gasteiger partial charge in [-0.15, -0.1) is 11.3 Å². The van der Waals surface area contributed by atoms with Gasteiger partial charge in [-0.05, 0) is 24.4 Å². The van der Waals surface area contributed by atoms with Crippen molar-refractivity contribution in [2.45, 2.75) is 19.5 Å². The van der Waals surface area contributed by atoms with E-state index in [0.717, 1.165) is 15.0 Å². The monoisotopic (exact) mass is 286 g/mol. The maximum absolute atomic E-state index is 12.2. The molecule has 1 amide bonds. The zero-order chi connectivity index (χ0) is 13.9. The van der Waals surface area contributed by atoms with Crippen LogP contribution >= 0.6 is 11.3 Å². The lowest BCUT2D eigenvalue weighted by atomic mass is 10.2. The third-order valence-electron chi connectivity index (χ3n) is 2.95. The van der Waals surface area contributed by atoms with Crippen molar-refractivity contribution in [1.82, 2.24) is 20.1 Å². The number of nitrogens with zero attached hydrogens (tertiary/aromatic N) is 3. The predicted octanol–water partition coefficient (Wildman–Crippen LogP) is 2.31. The minimum absolute atomic E-state index is 0.00517. The molecule has 6 heteroatoms. The summed E-state index contributed by atoms with van der Waals surface area (Å²) < 4.78 is 2.83. The van der Waals surface area contributed by atoms with E-state index < -0.39 is 0 Å². The Morgan fingerprint density at radius 2 is 2.30 bits per heavy atom. The van der Waals surface area contributed by atoms with E-state index >= 15 is 0 Å². The molecule has 2 heterocycles. The van der Waals surface area contributed by atoms with E-state index in [1.54, 1.807) is 11.0 Å². The summed E-state index contributed by atoms with van der Waals surface area (Å²) in [6.45, 7) is 2.56. The Hall–Kier alpha value is -2.21. The second-order valence-corrected chi connectivity index (χ2v) is 5.72. The molecule has 0 unspecified atom stereocenters. The lowest BCUT2D eigenvalue weighted by molar-refractivity contribution is 0.0940. The molecule has 0 aliphatic carbocycles. The molecular weight excluding hydrogens is 272 g/mol. The number of carbonyl (C=O) groups is 1. The molecular formula is C14H14N4OS. The van der Waals surface area contributed by atoms with E-state index in [-0.39, 0.29) is 11.9 Å². The van der Waals surface area contributed by atoms with Crippen molar-refractivity contribution in [2.24, 2.45) is 0 Å². The second-order valence-electron chi connectivity index (χ2n) is 4.64. The first-order valence-electron chi connectivity index (χ1n) is 6.34. The van der Waals surface area contributed by atoms with Crippen molar-refractivity contribution in [3.63, 3.8) is 0 Å². The van der Waals surface area contributed by atoms with Gasteiger partial charge in [-0.1, -0.05) is 18.2 Å². The van der Waals surface area contributed by atoms with Crippen LogP contribution in [0.25, 0.3) is 10.1 Å². The smallest absolute Gasteiger partial charge is 0.261 e. The summed E-state index contributed by atoms with van der Waals surface area (Å²) in [5.74, 6) is -0.0428. The fourth-order valence-corrected chi connectivity index (χ4v) is 3.01. The third-order valence-corrected chi connectivity index (χ3v) is 4.07. The second kappa shape index (κ2) is 5.42. The molecule has 20 heavy (non-hydrogen) atoms. The first kappa shape index (κ1) is 12.8. The lowest BCUT2D eigenvalue weighted by Crippen LogP contribution is -2.35. The number of rotatable bonds is 4. The average Bonchev–Trinajstić information content (AvgIpc) is 3.06. The van der Waals surface area contributed by atoms with Gasteiger partial charge in [-0.25, -0.2) is 4.98 Å². The standard InChI is InChI=1S/C14H14N4OS/c1-10(7-18-9-15-8-16-18)17-14(19)13-6-11-4-2-3-5-12(11)20-13/h2-6,8-10H,7H2,1H3,(H,17,19)/t10-/m1/s1. The molecule has 3 rings (SSSR count). The van der Waals surface area contributed by atoms with Gasteiger partial charge in [0.05, 0.1) is 11.4 Å². The van der Waals surface area contributed by atoms with Crippen LogP contribution in [0, 0.1) is 0 Å². The van der Waals surface area contributed by atoms with Gasteiger partial charge in [0.2, 0.25) is 0 Å². The third kappa shape index (κ3) is 2.70. The van der Waals surface area contributed by atoms with Crippen LogP contribution in [0.5, 0.6) is 0 Å². The maximum atomic E-state index is 12.2. The summed E-state index contributed by atoms with van der Waals surface area (Å²) in [6.07, 6.45) is 3.13. The van der Waals surface area contributed by atoms with Crippen LogP contribution in [0.4, 0.5) is 0 Å². The molecule has 0 saturated carbocycles. The van der Waals surface area contributed by atoms with Gasteiger partial charge in [-0.3, -0.25) is 9.48 Å². The van der Waals surface area contributed by atoms with Crippen molar-refractivity contribution in [2.75, 3.05) is 0 Å². The summed E-state index contributed by atoms with van der Waals surface area (Å²) in [7, 11) is 0. The van der Waals surface area contributed by atoms with Gasteiger partial charge in [0.25, 0.3) is 5.91 Å². The van der Waals surface area contributed by atoms with Crippen LogP contribution in [0.1, 0.15) is 16.6 Å². The fourth-order valence-electron chi connectivity index (χ4n) is 2.04. The van der Waals surface area contributed by atoms with E-state index in [1.807, 2.05) is 37.3 Å². The van der Waals surface area contributed by atoms with Crippen molar-refractivity contribution in [3.8, 4) is 0 Å². The van der Waals surface area contributed by atoms with Crippen molar-refractivity contribution >= 4 is 27.3 Å². The van der Waals surface area contributed by atoms with Gasteiger partial charge < -0.3 is 5.32 Å². The van der Waals surface area contributed by atoms with Gasteiger partial charge in [0.15, 0.2) is 0 Å². The number of carbonyl (C=O) groups excluding carboxylic acids is 1. The number of benzene rings is 1. The Balaban J connectivity index is 1.69. The summed E-state index contributed by atoms with van der Waals surface area (Å²) >= 11 is 1.51. The van der Waals surface area contributed by atoms with Crippen molar-refractivity contribution in [3.05, 3.63) is 47.9 Å². The first-order valence-corrected chi connectivity index (χ1v) is 7.16. The molecule has 102 valence electrons. The molecule has 1 atom stereocenters. The quantitative estimate of drug-likeness (QED) is 0.800. The van der Waals surface area contributed by atoms with E-state index in [4.69, 9.17) is 0 Å². The van der Waals surface area contributed by atoms with Gasteiger partial charge >= 0.3 is 0 Å². The molecule has 0 radical (unpaired) electrons. The summed E-state index contributed by atoms with van der Waals surface area (Å²) in [4.78, 5) is 16.8. The Kier molecular flexibility index (Phi) is 3.47. The maximum Gasteiger partial charge on any atom is 0.261 e. The number of hydrogen-bond donors (Lipinski definition) is 1. The van der Waals surface area contributed by atoms with E-state index in [9.17, 15) is 4.79 Å². The zero-order valence-electron chi connectivity index (χ0n) is 11.0. The average molecular weight is 286 g/mol. The number of amides is 1. The molecule has 0 saturated heterocycles. The molecule has 0 fully saturated rings. The van der Waals surface area contributed by atoms with Crippen LogP contribution in [-0.2, 0) is 6.54 Å². The van der Waals surface area contributed by atoms with Gasteiger partial charge in [-0.2, -0.15) is 5.10 Å². The van der Waals surface area contributed by atoms with E-state index in [0.29, 0.717) is 6.54 Å². The summed E-state index contributed by atoms with van der Waals surface area (Å²) in [6, 6.07) is 9.92. The highest BCUT2D eigenvalue weighted by atomic mass is 32.1. The molecule has 5 nitrogen and oxygen atoms in total. The van der Waals surface area contributed by atoms with Crippen LogP contribution < -0.4 is 5.32 Å². The Morgan fingerprint density at radius 3 is 3.05 bits per heavy atom. The molecule has 0 aliphatic rings. The van der Waals surface area contributed by atoms with Crippen LogP contribution in [0.3, 0.4) is 0 Å². The summed E-state index contributed by atoms with van der Waals surface area (Å²) in [5, 5.41) is 8.11. The predicted molar refractivity (Wildman–Crippen MR) is 78.8 cm³/mol. The van der Waals surface area contributed by atoms with Gasteiger partial charge in [0.1, 0.15) is 12.7 Å². The number of fused-ring (bicyclic) bond motifs is 1. The van der Waals surface area contributed by atoms with Gasteiger partial charge in [0, 0.05) is 10.7 Å². The lowest BCUT2D eigenvalue weighted by Gasteiger charge is -2.12. The fraction of sp³-hybridized carbons (Fsp3) is 0.214. The first-order chi connectivity index (χ1) is 9.72. The highest BCUT2D eigenvalue weighted by Crippen LogP contribution is 2.25. The van der Waals surface area contributed by atoms with E-state index in [2.05, 4.69) is 15.4 Å². The van der Waals surface area contributed by atoms with Crippen molar-refractivity contribution in [1.29, 1.82) is 0 Å². The number of nitrogens with one attached hydrogen (secondary N) is 1. The molecule has 0 spiro atoms. The molecule has 0 bridgehead atoms. The molecule has 2 aromatic heterocycles. The molecule has 1 N–H and O–H groups in total. The largest absolute Gasteiger partial charge is 0.347 e. The van der Waals surface area contributed by atoms with Crippen LogP contribution in [0.2, 0.25) is 0 Å². The Labute approximate surface area is 120 Å². The normalized spacial score (nSPS) is 12.4.